The lowest BCUT2D eigenvalue weighted by molar-refractivity contribution is -0.123. The first-order chi connectivity index (χ1) is 8.13. The van der Waals surface area contributed by atoms with Gasteiger partial charge in [0.15, 0.2) is 0 Å². The van der Waals surface area contributed by atoms with Gasteiger partial charge in [-0.15, -0.1) is 0 Å². The molecule has 0 spiro atoms. The Labute approximate surface area is 109 Å². The molecule has 3 aliphatic rings. The van der Waals surface area contributed by atoms with Crippen molar-refractivity contribution in [1.29, 1.82) is 0 Å². The average Bonchev–Trinajstić information content (AvgIpc) is 2.71. The van der Waals surface area contributed by atoms with Crippen LogP contribution in [-0.4, -0.2) is 33.1 Å². The number of aliphatic hydroxyl groups excluding tert-OH is 2. The molecule has 18 heavy (non-hydrogen) atoms. The van der Waals surface area contributed by atoms with Gasteiger partial charge in [0.05, 0.1) is 0 Å². The van der Waals surface area contributed by atoms with Crippen molar-refractivity contribution in [3.05, 3.63) is 12.2 Å². The fraction of sp³-hybridized carbons (Fsp3) is 0.867. The second kappa shape index (κ2) is 3.20. The molecule has 0 aliphatic heterocycles. The van der Waals surface area contributed by atoms with E-state index in [0.29, 0.717) is 29.2 Å². The molecule has 102 valence electrons. The number of fused-ring (bicyclic) bond motifs is 3. The maximum absolute atomic E-state index is 10.9. The molecule has 0 radical (unpaired) electrons. The summed E-state index contributed by atoms with van der Waals surface area (Å²) in [5.74, 6) is 0.769. The first-order valence-corrected chi connectivity index (χ1v) is 6.91. The van der Waals surface area contributed by atoms with Gasteiger partial charge in [-0.3, -0.25) is 0 Å². The third kappa shape index (κ3) is 1.16. The van der Waals surface area contributed by atoms with Crippen LogP contribution in [0.5, 0.6) is 0 Å². The molecule has 3 aliphatic carbocycles. The van der Waals surface area contributed by atoms with Gasteiger partial charge in [-0.1, -0.05) is 27.4 Å². The van der Waals surface area contributed by atoms with Gasteiger partial charge in [0.2, 0.25) is 0 Å². The fourth-order valence-corrected chi connectivity index (χ4v) is 5.22. The SMILES string of the molecule is C=C1[C@@H](O)[C@H](O)[C@]2(O)C[C@H]3CC(C)(C)C[C@H]3[C@]12C. The van der Waals surface area contributed by atoms with E-state index in [1.807, 2.05) is 6.92 Å². The monoisotopic (exact) mass is 252 g/mol. The van der Waals surface area contributed by atoms with Gasteiger partial charge in [0.1, 0.15) is 17.8 Å². The minimum Gasteiger partial charge on any atom is -0.387 e. The minimum atomic E-state index is -1.19. The van der Waals surface area contributed by atoms with Crippen molar-refractivity contribution in [3.8, 4) is 0 Å². The predicted molar refractivity (Wildman–Crippen MR) is 68.8 cm³/mol. The second-order valence-corrected chi connectivity index (χ2v) is 7.68. The Balaban J connectivity index is 2.06. The van der Waals surface area contributed by atoms with E-state index in [0.717, 1.165) is 12.8 Å². The van der Waals surface area contributed by atoms with E-state index in [1.165, 1.54) is 0 Å². The molecule has 0 amide bonds. The molecule has 0 bridgehead atoms. The van der Waals surface area contributed by atoms with Crippen LogP contribution in [0, 0.1) is 22.7 Å². The zero-order valence-corrected chi connectivity index (χ0v) is 11.5. The highest BCUT2D eigenvalue weighted by Gasteiger charge is 2.73. The van der Waals surface area contributed by atoms with Crippen molar-refractivity contribution in [2.24, 2.45) is 22.7 Å². The number of rotatable bonds is 0. The van der Waals surface area contributed by atoms with E-state index >= 15 is 0 Å². The number of aliphatic hydroxyl groups is 3. The van der Waals surface area contributed by atoms with Crippen LogP contribution < -0.4 is 0 Å². The van der Waals surface area contributed by atoms with Crippen LogP contribution in [0.3, 0.4) is 0 Å². The fourth-order valence-electron chi connectivity index (χ4n) is 5.22. The molecule has 6 atom stereocenters. The maximum atomic E-state index is 10.9. The molecule has 0 aromatic rings. The van der Waals surface area contributed by atoms with E-state index in [9.17, 15) is 15.3 Å². The third-order valence-electron chi connectivity index (χ3n) is 6.18. The first kappa shape index (κ1) is 12.6. The number of hydrogen-bond donors (Lipinski definition) is 3. The summed E-state index contributed by atoms with van der Waals surface area (Å²) < 4.78 is 0. The van der Waals surface area contributed by atoms with Crippen molar-refractivity contribution >= 4 is 0 Å². The second-order valence-electron chi connectivity index (χ2n) is 7.68. The molecule has 3 heteroatoms. The molecule has 0 heterocycles. The van der Waals surface area contributed by atoms with E-state index in [2.05, 4.69) is 20.4 Å². The summed E-state index contributed by atoms with van der Waals surface area (Å²) in [7, 11) is 0. The Kier molecular flexibility index (Phi) is 2.24. The first-order valence-electron chi connectivity index (χ1n) is 6.91. The lowest BCUT2D eigenvalue weighted by Gasteiger charge is -2.39. The Morgan fingerprint density at radius 1 is 1.11 bits per heavy atom. The lowest BCUT2D eigenvalue weighted by Crippen LogP contribution is -2.49. The van der Waals surface area contributed by atoms with Crippen molar-refractivity contribution < 1.29 is 15.3 Å². The van der Waals surface area contributed by atoms with Gasteiger partial charge in [-0.05, 0) is 42.1 Å². The van der Waals surface area contributed by atoms with Crippen LogP contribution in [0.4, 0.5) is 0 Å². The average molecular weight is 252 g/mol. The molecule has 3 N–H and O–H groups in total. The van der Waals surface area contributed by atoms with E-state index in [1.54, 1.807) is 0 Å². The zero-order valence-electron chi connectivity index (χ0n) is 11.5. The topological polar surface area (TPSA) is 60.7 Å². The van der Waals surface area contributed by atoms with Crippen LogP contribution in [0.15, 0.2) is 12.2 Å². The Morgan fingerprint density at radius 3 is 2.33 bits per heavy atom. The van der Waals surface area contributed by atoms with Crippen LogP contribution in [0.2, 0.25) is 0 Å². The van der Waals surface area contributed by atoms with Crippen LogP contribution >= 0.6 is 0 Å². The van der Waals surface area contributed by atoms with Gasteiger partial charge in [0, 0.05) is 5.41 Å². The summed E-state index contributed by atoms with van der Waals surface area (Å²) in [6, 6.07) is 0. The molecule has 0 aromatic carbocycles. The van der Waals surface area contributed by atoms with Gasteiger partial charge in [0.25, 0.3) is 0 Å². The Hall–Kier alpha value is -0.380. The molecular formula is C15H24O3. The summed E-state index contributed by atoms with van der Waals surface area (Å²) in [6.45, 7) is 10.5. The standard InChI is InChI=1S/C15H24O3/c1-8-11(16)12(17)15(18)6-9-5-13(2,3)7-10(9)14(8,15)4/h9-12,16-18H,1,5-7H2,2-4H3/t9-,10-,11-,12+,14+,15-/m1/s1. The predicted octanol–water partition coefficient (Wildman–Crippen LogP) is 1.47. The summed E-state index contributed by atoms with van der Waals surface area (Å²) in [5, 5.41) is 31.1. The lowest BCUT2D eigenvalue weighted by atomic mass is 9.68. The molecule has 0 unspecified atom stereocenters. The largest absolute Gasteiger partial charge is 0.387 e. The van der Waals surface area contributed by atoms with E-state index < -0.39 is 23.2 Å². The quantitative estimate of drug-likeness (QED) is 0.572. The Morgan fingerprint density at radius 2 is 1.72 bits per heavy atom. The maximum Gasteiger partial charge on any atom is 0.113 e. The molecule has 3 fully saturated rings. The summed E-state index contributed by atoms with van der Waals surface area (Å²) >= 11 is 0. The normalized spacial score (nSPS) is 57.8. The van der Waals surface area contributed by atoms with Crippen molar-refractivity contribution in [1.82, 2.24) is 0 Å². The van der Waals surface area contributed by atoms with Crippen LogP contribution in [0.1, 0.15) is 40.0 Å². The molecule has 3 nitrogen and oxygen atoms in total. The van der Waals surface area contributed by atoms with Gasteiger partial charge in [-0.2, -0.15) is 0 Å². The molecule has 0 saturated heterocycles. The molecule has 3 saturated carbocycles. The van der Waals surface area contributed by atoms with Gasteiger partial charge in [-0.25, -0.2) is 0 Å². The number of hydrogen-bond acceptors (Lipinski definition) is 3. The molecule has 3 rings (SSSR count). The van der Waals surface area contributed by atoms with E-state index in [4.69, 9.17) is 0 Å². The molecule has 0 aromatic heterocycles. The Bertz CT molecular complexity index is 416. The summed E-state index contributed by atoms with van der Waals surface area (Å²) in [6.07, 6.45) is 0.656. The molecular weight excluding hydrogens is 228 g/mol. The highest BCUT2D eigenvalue weighted by molar-refractivity contribution is 5.37. The van der Waals surface area contributed by atoms with Crippen LogP contribution in [-0.2, 0) is 0 Å². The highest BCUT2D eigenvalue weighted by atomic mass is 16.4. The smallest absolute Gasteiger partial charge is 0.113 e. The van der Waals surface area contributed by atoms with E-state index in [-0.39, 0.29) is 0 Å². The summed E-state index contributed by atoms with van der Waals surface area (Å²) in [5.41, 5.74) is -0.805. The summed E-state index contributed by atoms with van der Waals surface area (Å²) in [4.78, 5) is 0. The van der Waals surface area contributed by atoms with Crippen LogP contribution in [0.25, 0.3) is 0 Å². The van der Waals surface area contributed by atoms with Gasteiger partial charge < -0.3 is 15.3 Å². The highest BCUT2D eigenvalue weighted by Crippen LogP contribution is 2.70. The van der Waals surface area contributed by atoms with Gasteiger partial charge >= 0.3 is 0 Å². The van der Waals surface area contributed by atoms with Crippen molar-refractivity contribution in [3.63, 3.8) is 0 Å². The van der Waals surface area contributed by atoms with Crippen molar-refractivity contribution in [2.75, 3.05) is 0 Å². The third-order valence-corrected chi connectivity index (χ3v) is 6.18. The minimum absolute atomic E-state index is 0.290. The zero-order chi connectivity index (χ0) is 13.5. The van der Waals surface area contributed by atoms with Crippen molar-refractivity contribution in [2.45, 2.75) is 57.8 Å².